The van der Waals surface area contributed by atoms with Gasteiger partial charge in [-0.05, 0) is 30.2 Å². The first-order chi connectivity index (χ1) is 11.3. The first-order valence-corrected chi connectivity index (χ1v) is 7.35. The lowest BCUT2D eigenvalue weighted by molar-refractivity contribution is 0.410. The first-order valence-electron chi connectivity index (χ1n) is 7.35. The summed E-state index contributed by atoms with van der Waals surface area (Å²) >= 11 is 0. The number of guanidine groups is 1. The maximum Gasteiger partial charge on any atom is 0.191 e. The summed E-state index contributed by atoms with van der Waals surface area (Å²) in [5.74, 6) is 0.454. The molecule has 0 saturated carbocycles. The summed E-state index contributed by atoms with van der Waals surface area (Å²) in [6.45, 7) is 1.22. The zero-order valence-electron chi connectivity index (χ0n) is 13.2. The summed E-state index contributed by atoms with van der Waals surface area (Å²) in [6, 6.07) is 6.55. The topological polar surface area (TPSA) is 78.2 Å². The van der Waals surface area contributed by atoms with E-state index in [1.807, 2.05) is 6.20 Å². The van der Waals surface area contributed by atoms with Crippen LogP contribution in [-0.2, 0) is 13.0 Å². The molecule has 0 aliphatic heterocycles. The minimum atomic E-state index is -0.226. The molecule has 0 unspecified atom stereocenters. The lowest BCUT2D eigenvalue weighted by Gasteiger charge is -2.10. The van der Waals surface area contributed by atoms with Crippen LogP contribution < -0.4 is 10.6 Å². The molecule has 0 atom stereocenters. The van der Waals surface area contributed by atoms with Crippen molar-refractivity contribution in [3.8, 4) is 0 Å². The molecule has 1 aromatic carbocycles. The Labute approximate surface area is 155 Å². The number of aromatic nitrogens is 2. The van der Waals surface area contributed by atoms with Gasteiger partial charge in [0.1, 0.15) is 17.8 Å². The predicted octanol–water partition coefficient (Wildman–Crippen LogP) is 2.82. The molecular weight excluding hydrogens is 424 g/mol. The minimum absolute atomic E-state index is 0. The van der Waals surface area contributed by atoms with Crippen molar-refractivity contribution in [2.45, 2.75) is 13.0 Å². The van der Waals surface area contributed by atoms with Crippen molar-refractivity contribution in [2.24, 2.45) is 4.99 Å². The third kappa shape index (κ3) is 4.47. The number of nitrogens with zero attached hydrogens (tertiary/aromatic N) is 2. The van der Waals surface area contributed by atoms with E-state index in [0.29, 0.717) is 19.0 Å². The highest BCUT2D eigenvalue weighted by atomic mass is 127. The SMILES string of the molecule is CN=C(NCCc1c[nH]c2ccc(F)cc12)NCc1ccon1.I. The van der Waals surface area contributed by atoms with Crippen LogP contribution in [0.25, 0.3) is 10.9 Å². The fourth-order valence-electron chi connectivity index (χ4n) is 2.40. The number of halogens is 2. The molecule has 3 rings (SSSR count). The number of fused-ring (bicyclic) bond motifs is 1. The van der Waals surface area contributed by atoms with Crippen LogP contribution in [0.3, 0.4) is 0 Å². The number of nitrogens with one attached hydrogen (secondary N) is 3. The maximum atomic E-state index is 13.4. The van der Waals surface area contributed by atoms with Gasteiger partial charge in [-0.3, -0.25) is 4.99 Å². The lowest BCUT2D eigenvalue weighted by Crippen LogP contribution is -2.37. The molecule has 128 valence electrons. The molecule has 24 heavy (non-hydrogen) atoms. The molecule has 3 N–H and O–H groups in total. The van der Waals surface area contributed by atoms with Crippen molar-refractivity contribution >= 4 is 40.8 Å². The molecular formula is C16H19FIN5O. The van der Waals surface area contributed by atoms with Gasteiger partial charge in [-0.1, -0.05) is 5.16 Å². The Balaban J connectivity index is 0.00000208. The smallest absolute Gasteiger partial charge is 0.191 e. The fraction of sp³-hybridized carbons (Fsp3) is 0.250. The Kier molecular flexibility index (Phi) is 6.59. The predicted molar refractivity (Wildman–Crippen MR) is 102 cm³/mol. The highest BCUT2D eigenvalue weighted by Crippen LogP contribution is 2.19. The molecule has 0 amide bonds. The van der Waals surface area contributed by atoms with E-state index in [4.69, 9.17) is 4.52 Å². The summed E-state index contributed by atoms with van der Waals surface area (Å²) in [4.78, 5) is 7.30. The van der Waals surface area contributed by atoms with Crippen LogP contribution in [0.15, 0.2) is 46.2 Å². The second-order valence-electron chi connectivity index (χ2n) is 5.10. The number of aliphatic imine (C=N–C) groups is 1. The summed E-state index contributed by atoms with van der Waals surface area (Å²) < 4.78 is 18.1. The number of benzene rings is 1. The van der Waals surface area contributed by atoms with Crippen LogP contribution in [0.4, 0.5) is 4.39 Å². The van der Waals surface area contributed by atoms with Crippen LogP contribution >= 0.6 is 24.0 Å². The van der Waals surface area contributed by atoms with Gasteiger partial charge in [-0.15, -0.1) is 24.0 Å². The minimum Gasteiger partial charge on any atom is -0.364 e. The van der Waals surface area contributed by atoms with Gasteiger partial charge in [-0.25, -0.2) is 4.39 Å². The van der Waals surface area contributed by atoms with E-state index >= 15 is 0 Å². The molecule has 0 bridgehead atoms. The van der Waals surface area contributed by atoms with E-state index in [1.165, 1.54) is 12.3 Å². The van der Waals surface area contributed by atoms with Crippen molar-refractivity contribution in [2.75, 3.05) is 13.6 Å². The van der Waals surface area contributed by atoms with Gasteiger partial charge in [0.25, 0.3) is 0 Å². The third-order valence-corrected chi connectivity index (χ3v) is 3.57. The van der Waals surface area contributed by atoms with Gasteiger partial charge < -0.3 is 20.1 Å². The average Bonchev–Trinajstić information content (AvgIpc) is 3.20. The maximum absolute atomic E-state index is 13.4. The summed E-state index contributed by atoms with van der Waals surface area (Å²) in [5, 5.41) is 11.1. The molecule has 0 aliphatic carbocycles. The van der Waals surface area contributed by atoms with Crippen molar-refractivity contribution < 1.29 is 8.91 Å². The Hall–Kier alpha value is -2.10. The van der Waals surface area contributed by atoms with E-state index < -0.39 is 0 Å². The number of aromatic amines is 1. The summed E-state index contributed by atoms with van der Waals surface area (Å²) in [5.41, 5.74) is 2.81. The first kappa shape index (κ1) is 18.2. The van der Waals surface area contributed by atoms with Crippen molar-refractivity contribution in [3.05, 3.63) is 53.8 Å². The standard InChI is InChI=1S/C16H18FN5O.HI/c1-18-16(21-10-13-5-7-23-22-13)19-6-4-11-9-20-15-3-2-12(17)8-14(11)15;/h2-3,5,7-9,20H,4,6,10H2,1H3,(H2,18,19,21);1H. The van der Waals surface area contributed by atoms with E-state index in [-0.39, 0.29) is 29.8 Å². The fourth-order valence-corrected chi connectivity index (χ4v) is 2.40. The largest absolute Gasteiger partial charge is 0.364 e. The zero-order valence-corrected chi connectivity index (χ0v) is 15.5. The third-order valence-electron chi connectivity index (χ3n) is 3.57. The van der Waals surface area contributed by atoms with E-state index in [0.717, 1.165) is 28.6 Å². The van der Waals surface area contributed by atoms with Crippen molar-refractivity contribution in [3.63, 3.8) is 0 Å². The van der Waals surface area contributed by atoms with Gasteiger partial charge >= 0.3 is 0 Å². The van der Waals surface area contributed by atoms with Crippen LogP contribution in [0.1, 0.15) is 11.3 Å². The Bertz CT molecular complexity index is 800. The van der Waals surface area contributed by atoms with Gasteiger partial charge in [0, 0.05) is 36.8 Å². The average molecular weight is 443 g/mol. The van der Waals surface area contributed by atoms with Crippen LogP contribution in [0.2, 0.25) is 0 Å². The highest BCUT2D eigenvalue weighted by Gasteiger charge is 2.05. The Morgan fingerprint density at radius 1 is 1.33 bits per heavy atom. The second kappa shape index (κ2) is 8.67. The van der Waals surface area contributed by atoms with Crippen molar-refractivity contribution in [1.29, 1.82) is 0 Å². The van der Waals surface area contributed by atoms with Crippen LogP contribution in [0.5, 0.6) is 0 Å². The number of hydrogen-bond acceptors (Lipinski definition) is 3. The van der Waals surface area contributed by atoms with Crippen molar-refractivity contribution in [1.82, 2.24) is 20.8 Å². The molecule has 2 aromatic heterocycles. The van der Waals surface area contributed by atoms with Gasteiger partial charge in [0.15, 0.2) is 5.96 Å². The van der Waals surface area contributed by atoms with E-state index in [1.54, 1.807) is 25.2 Å². The van der Waals surface area contributed by atoms with Crippen LogP contribution in [-0.4, -0.2) is 29.7 Å². The molecule has 0 fully saturated rings. The molecule has 0 aliphatic rings. The van der Waals surface area contributed by atoms with Crippen LogP contribution in [0, 0.1) is 5.82 Å². The lowest BCUT2D eigenvalue weighted by atomic mass is 10.1. The molecule has 6 nitrogen and oxygen atoms in total. The zero-order chi connectivity index (χ0) is 16.1. The van der Waals surface area contributed by atoms with Gasteiger partial charge in [-0.2, -0.15) is 0 Å². The Morgan fingerprint density at radius 3 is 2.96 bits per heavy atom. The molecule has 2 heterocycles. The molecule has 3 aromatic rings. The highest BCUT2D eigenvalue weighted by molar-refractivity contribution is 14.0. The number of rotatable bonds is 5. The molecule has 0 spiro atoms. The second-order valence-corrected chi connectivity index (χ2v) is 5.10. The molecule has 8 heteroatoms. The van der Waals surface area contributed by atoms with Gasteiger partial charge in [0.2, 0.25) is 0 Å². The number of hydrogen-bond donors (Lipinski definition) is 3. The van der Waals surface area contributed by atoms with Gasteiger partial charge in [0.05, 0.1) is 6.54 Å². The number of H-pyrrole nitrogens is 1. The Morgan fingerprint density at radius 2 is 2.21 bits per heavy atom. The van der Waals surface area contributed by atoms with E-state index in [9.17, 15) is 4.39 Å². The summed E-state index contributed by atoms with van der Waals surface area (Å²) in [7, 11) is 1.71. The normalized spacial score (nSPS) is 11.3. The molecule has 0 radical (unpaired) electrons. The monoisotopic (exact) mass is 443 g/mol. The summed E-state index contributed by atoms with van der Waals surface area (Å²) in [6.07, 6.45) is 4.20. The quantitative estimate of drug-likeness (QED) is 0.322. The molecule has 0 saturated heterocycles. The van der Waals surface area contributed by atoms with E-state index in [2.05, 4.69) is 25.8 Å².